The van der Waals surface area contributed by atoms with Crippen LogP contribution in [0.1, 0.15) is 0 Å². The molecule has 5 heteroatoms. The van der Waals surface area contributed by atoms with Crippen LogP contribution in [0.5, 0.6) is 0 Å². The van der Waals surface area contributed by atoms with E-state index in [0.717, 1.165) is 16.9 Å². The van der Waals surface area contributed by atoms with Crippen molar-refractivity contribution >= 4 is 45.2 Å². The molecule has 2 heterocycles. The van der Waals surface area contributed by atoms with Crippen molar-refractivity contribution in [1.82, 2.24) is 9.55 Å². The van der Waals surface area contributed by atoms with Gasteiger partial charge in [-0.3, -0.25) is 0 Å². The van der Waals surface area contributed by atoms with Crippen molar-refractivity contribution in [3.63, 3.8) is 0 Å². The van der Waals surface area contributed by atoms with Gasteiger partial charge in [0.15, 0.2) is 0 Å². The summed E-state index contributed by atoms with van der Waals surface area (Å²) >= 11 is 4.53. The summed E-state index contributed by atoms with van der Waals surface area (Å²) in [6, 6.07) is 0. The first-order valence-corrected chi connectivity index (χ1v) is 5.41. The van der Waals surface area contributed by atoms with Crippen LogP contribution in [-0.2, 0) is 11.3 Å². The first kappa shape index (κ1) is 8.24. The highest BCUT2D eigenvalue weighted by molar-refractivity contribution is 14.1. The molecule has 1 fully saturated rings. The highest BCUT2D eigenvalue weighted by atomic mass is 127. The maximum Gasteiger partial charge on any atom is 0.132 e. The molecule has 1 aliphatic rings. The Bertz CT molecular complexity index is 270. The van der Waals surface area contributed by atoms with Crippen LogP contribution >= 0.6 is 45.2 Å². The van der Waals surface area contributed by atoms with Crippen LogP contribution in [0.25, 0.3) is 0 Å². The van der Waals surface area contributed by atoms with Gasteiger partial charge in [0.2, 0.25) is 0 Å². The van der Waals surface area contributed by atoms with Crippen LogP contribution in [0.3, 0.4) is 0 Å². The summed E-state index contributed by atoms with van der Waals surface area (Å²) in [5.41, 5.74) is 0. The minimum Gasteiger partial charge on any atom is -0.371 e. The number of imidazole rings is 1. The van der Waals surface area contributed by atoms with Gasteiger partial charge in [0.25, 0.3) is 0 Å². The van der Waals surface area contributed by atoms with Crippen LogP contribution in [0.4, 0.5) is 0 Å². The van der Waals surface area contributed by atoms with E-state index in [2.05, 4.69) is 54.7 Å². The fourth-order valence-corrected chi connectivity index (χ4v) is 1.76. The van der Waals surface area contributed by atoms with E-state index in [9.17, 15) is 0 Å². The average molecular weight is 376 g/mol. The number of hydrogen-bond acceptors (Lipinski definition) is 2. The smallest absolute Gasteiger partial charge is 0.132 e. The molecule has 0 unspecified atom stereocenters. The fraction of sp³-hybridized carbons (Fsp3) is 0.500. The summed E-state index contributed by atoms with van der Waals surface area (Å²) in [5.74, 6) is 0. The van der Waals surface area contributed by atoms with Crippen LogP contribution in [-0.4, -0.2) is 22.3 Å². The van der Waals surface area contributed by atoms with Crippen LogP contribution in [0, 0.1) is 7.40 Å². The van der Waals surface area contributed by atoms with E-state index in [4.69, 9.17) is 4.74 Å². The lowest BCUT2D eigenvalue weighted by Crippen LogP contribution is -2.04. The van der Waals surface area contributed by atoms with Crippen LogP contribution in [0.15, 0.2) is 6.33 Å². The first-order valence-electron chi connectivity index (χ1n) is 3.25. The molecular formula is C6H6I2N2O. The van der Waals surface area contributed by atoms with Crippen LogP contribution < -0.4 is 0 Å². The second-order valence-corrected chi connectivity index (χ2v) is 4.48. The van der Waals surface area contributed by atoms with Gasteiger partial charge in [0.05, 0.1) is 25.6 Å². The maximum absolute atomic E-state index is 5.12. The van der Waals surface area contributed by atoms with Crippen molar-refractivity contribution in [1.29, 1.82) is 0 Å². The zero-order chi connectivity index (χ0) is 7.84. The highest BCUT2D eigenvalue weighted by Gasteiger charge is 2.23. The Kier molecular flexibility index (Phi) is 2.38. The largest absolute Gasteiger partial charge is 0.371 e. The average Bonchev–Trinajstić information content (AvgIpc) is 2.74. The lowest BCUT2D eigenvalue weighted by atomic mass is 10.5. The Morgan fingerprint density at radius 3 is 2.91 bits per heavy atom. The Labute approximate surface area is 91.8 Å². The summed E-state index contributed by atoms with van der Waals surface area (Å²) in [6.07, 6.45) is 2.30. The van der Waals surface area contributed by atoms with Gasteiger partial charge in [-0.15, -0.1) is 0 Å². The van der Waals surface area contributed by atoms with E-state index in [1.807, 2.05) is 6.33 Å². The Morgan fingerprint density at radius 1 is 1.73 bits per heavy atom. The minimum absolute atomic E-state index is 0.438. The van der Waals surface area contributed by atoms with E-state index in [-0.39, 0.29) is 0 Å². The zero-order valence-corrected chi connectivity index (χ0v) is 9.94. The molecule has 0 amide bonds. The molecule has 1 atom stereocenters. The summed E-state index contributed by atoms with van der Waals surface area (Å²) in [6.45, 7) is 1.86. The maximum atomic E-state index is 5.12. The van der Waals surface area contributed by atoms with E-state index < -0.39 is 0 Å². The number of epoxide rings is 1. The second-order valence-electron chi connectivity index (χ2n) is 2.43. The first-order chi connectivity index (χ1) is 5.27. The molecule has 0 spiro atoms. The highest BCUT2D eigenvalue weighted by Crippen LogP contribution is 2.17. The Hall–Kier alpha value is 0.630. The second kappa shape index (κ2) is 3.17. The lowest BCUT2D eigenvalue weighted by molar-refractivity contribution is 0.381. The molecule has 0 saturated carbocycles. The zero-order valence-electron chi connectivity index (χ0n) is 5.63. The van der Waals surface area contributed by atoms with E-state index >= 15 is 0 Å². The minimum atomic E-state index is 0.438. The molecule has 3 nitrogen and oxygen atoms in total. The molecule has 0 bridgehead atoms. The van der Waals surface area contributed by atoms with Crippen LogP contribution in [0.2, 0.25) is 0 Å². The van der Waals surface area contributed by atoms with Crippen molar-refractivity contribution in [2.75, 3.05) is 6.61 Å². The molecular weight excluding hydrogens is 370 g/mol. The third-order valence-electron chi connectivity index (χ3n) is 1.54. The standard InChI is InChI=1S/C6H6I2N2O/c7-5-6(8)10(3-9-5)1-4-2-11-4/h3-4H,1-2H2/t4-/m0/s1. The molecule has 0 aliphatic carbocycles. The van der Waals surface area contributed by atoms with Gasteiger partial charge in [-0.2, -0.15) is 0 Å². The van der Waals surface area contributed by atoms with Crippen molar-refractivity contribution in [2.45, 2.75) is 12.6 Å². The van der Waals surface area contributed by atoms with E-state index in [1.54, 1.807) is 0 Å². The van der Waals surface area contributed by atoms with Gasteiger partial charge in [0.1, 0.15) is 7.40 Å². The molecule has 0 aromatic carbocycles. The third-order valence-corrected chi connectivity index (χ3v) is 4.49. The van der Waals surface area contributed by atoms with Gasteiger partial charge < -0.3 is 9.30 Å². The Balaban J connectivity index is 2.15. The van der Waals surface area contributed by atoms with Gasteiger partial charge in [-0.25, -0.2) is 4.98 Å². The molecule has 60 valence electrons. The predicted octanol–water partition coefficient (Wildman–Crippen LogP) is 1.49. The summed E-state index contributed by atoms with van der Waals surface area (Å²) < 4.78 is 9.53. The van der Waals surface area contributed by atoms with E-state index in [1.165, 1.54) is 3.70 Å². The molecule has 1 aliphatic heterocycles. The van der Waals surface area contributed by atoms with Crippen molar-refractivity contribution < 1.29 is 4.74 Å². The van der Waals surface area contributed by atoms with Gasteiger partial charge >= 0.3 is 0 Å². The third kappa shape index (κ3) is 1.86. The number of ether oxygens (including phenoxy) is 1. The molecule has 0 radical (unpaired) electrons. The van der Waals surface area contributed by atoms with Gasteiger partial charge in [-0.05, 0) is 45.2 Å². The van der Waals surface area contributed by atoms with Gasteiger partial charge in [0, 0.05) is 0 Å². The van der Waals surface area contributed by atoms with Gasteiger partial charge in [-0.1, -0.05) is 0 Å². The predicted molar refractivity (Wildman–Crippen MR) is 57.4 cm³/mol. The quantitative estimate of drug-likeness (QED) is 0.579. The number of hydrogen-bond donors (Lipinski definition) is 0. The molecule has 11 heavy (non-hydrogen) atoms. The molecule has 2 rings (SSSR count). The topological polar surface area (TPSA) is 30.4 Å². The summed E-state index contributed by atoms with van der Waals surface area (Å²) in [5, 5.41) is 0. The fourth-order valence-electron chi connectivity index (χ4n) is 0.863. The van der Waals surface area contributed by atoms with Crippen molar-refractivity contribution in [2.24, 2.45) is 0 Å². The van der Waals surface area contributed by atoms with E-state index in [0.29, 0.717) is 6.10 Å². The number of halogens is 2. The number of aromatic nitrogens is 2. The Morgan fingerprint density at radius 2 is 2.45 bits per heavy atom. The number of rotatable bonds is 2. The molecule has 1 saturated heterocycles. The monoisotopic (exact) mass is 376 g/mol. The number of nitrogens with zero attached hydrogens (tertiary/aromatic N) is 2. The lowest BCUT2D eigenvalue weighted by Gasteiger charge is -1.98. The summed E-state index contributed by atoms with van der Waals surface area (Å²) in [4.78, 5) is 4.18. The summed E-state index contributed by atoms with van der Waals surface area (Å²) in [7, 11) is 0. The molecule has 0 N–H and O–H groups in total. The molecule has 1 aromatic heterocycles. The van der Waals surface area contributed by atoms with Crippen molar-refractivity contribution in [3.8, 4) is 0 Å². The SMILES string of the molecule is Ic1ncn(C[C@H]2CO2)c1I. The molecule has 1 aromatic rings. The van der Waals surface area contributed by atoms with Crippen molar-refractivity contribution in [3.05, 3.63) is 13.7 Å². The normalized spacial score (nSPS) is 22.2.